The van der Waals surface area contributed by atoms with E-state index in [0.717, 1.165) is 0 Å². The van der Waals surface area contributed by atoms with Gasteiger partial charge in [0, 0.05) is 38.4 Å². The summed E-state index contributed by atoms with van der Waals surface area (Å²) < 4.78 is 178. The monoisotopic (exact) mass is 285 g/mol. The van der Waals surface area contributed by atoms with Gasteiger partial charge in [0.05, 0.1) is 9.71 Å². The molecule has 1 saturated carbocycles. The van der Waals surface area contributed by atoms with Crippen LogP contribution in [0.2, 0.25) is 0 Å². The zero-order valence-corrected chi connectivity index (χ0v) is 9.42. The third-order valence-electron chi connectivity index (χ3n) is 2.14. The van der Waals surface area contributed by atoms with E-state index in [1.54, 1.807) is 0 Å². The summed E-state index contributed by atoms with van der Waals surface area (Å²) in [6.45, 7) is -13.0. The molecule has 1 aliphatic rings. The predicted molar refractivity (Wildman–Crippen MR) is 77.4 cm³/mol. The van der Waals surface area contributed by atoms with Crippen molar-refractivity contribution in [2.45, 2.75) is 43.4 Å². The molecule has 19 heavy (non-hydrogen) atoms. The average Bonchev–Trinajstić information content (AvgIpc) is 2.74. The van der Waals surface area contributed by atoms with Gasteiger partial charge in [-0.2, -0.15) is 0 Å². The Balaban J connectivity index is 3.46. The highest BCUT2D eigenvalue weighted by Gasteiger charge is 2.38. The molecule has 0 saturated heterocycles. The lowest BCUT2D eigenvalue weighted by Crippen LogP contribution is -2.42. The van der Waals surface area contributed by atoms with Crippen molar-refractivity contribution in [1.29, 1.82) is 0 Å². The minimum atomic E-state index is -5.02. The lowest BCUT2D eigenvalue weighted by Gasteiger charge is -2.40. The number of phenols is 1. The maximum Gasteiger partial charge on any atom is 0.115 e. The normalized spacial score (nSPS) is 54.4. The van der Waals surface area contributed by atoms with Crippen molar-refractivity contribution in [2.24, 2.45) is 0 Å². The highest BCUT2D eigenvalue weighted by Crippen LogP contribution is 2.40. The van der Waals surface area contributed by atoms with Crippen LogP contribution in [0.25, 0.3) is 0 Å². The average molecular weight is 286 g/mol. The number of hydrogen-bond donors (Lipinski definition) is 2. The van der Waals surface area contributed by atoms with Gasteiger partial charge in [-0.05, 0) is 44.3 Å². The summed E-state index contributed by atoms with van der Waals surface area (Å²) in [7, 11) is 0. The van der Waals surface area contributed by atoms with E-state index in [2.05, 4.69) is 0 Å². The van der Waals surface area contributed by atoms with Crippen LogP contribution in [-0.4, -0.2) is 41.2 Å². The molecule has 1 fully saturated rings. The highest BCUT2D eigenvalue weighted by molar-refractivity contribution is 5.30. The van der Waals surface area contributed by atoms with Crippen molar-refractivity contribution in [3.05, 3.63) is 29.8 Å². The summed E-state index contributed by atoms with van der Waals surface area (Å²) in [6, 6.07) is -4.25. The molecule has 2 rings (SSSR count). The van der Waals surface area contributed by atoms with Gasteiger partial charge in [0.15, 0.2) is 0 Å². The van der Waals surface area contributed by atoms with Crippen molar-refractivity contribution >= 4 is 0 Å². The van der Waals surface area contributed by atoms with Crippen LogP contribution in [0.5, 0.6) is 5.75 Å². The van der Waals surface area contributed by atoms with Gasteiger partial charge in [-0.3, -0.25) is 0 Å². The van der Waals surface area contributed by atoms with E-state index in [1.165, 1.54) is 0 Å². The molecule has 0 aromatic heterocycles. The lowest BCUT2D eigenvalue weighted by molar-refractivity contribution is -0.0277. The molecule has 106 valence electrons. The topological polar surface area (TPSA) is 43.7 Å². The van der Waals surface area contributed by atoms with E-state index < -0.39 is 98.1 Å². The van der Waals surface area contributed by atoms with Gasteiger partial charge in [-0.1, -0.05) is 31.2 Å². The van der Waals surface area contributed by atoms with Crippen LogP contribution in [0.4, 0.5) is 0 Å². The van der Waals surface area contributed by atoms with Crippen LogP contribution in [-0.2, 0) is 0 Å². The third kappa shape index (κ3) is 3.48. The van der Waals surface area contributed by atoms with Gasteiger partial charge in [0.2, 0.25) is 0 Å². The maximum atomic E-state index is 12.0. The molecule has 3 heteroatoms. The minimum absolute atomic E-state index is 0.0796. The molecule has 0 amide bonds. The Morgan fingerprint density at radius 2 is 2.21 bits per heavy atom. The van der Waals surface area contributed by atoms with Crippen LogP contribution < -0.4 is 0 Å². The maximum absolute atomic E-state index is 12.0. The van der Waals surface area contributed by atoms with Crippen LogP contribution >= 0.6 is 0 Å². The second kappa shape index (κ2) is 5.93. The quantitative estimate of drug-likeness (QED) is 0.894. The van der Waals surface area contributed by atoms with Gasteiger partial charge in [-0.25, -0.2) is 0 Å². The van der Waals surface area contributed by atoms with Crippen molar-refractivity contribution in [1.82, 2.24) is 4.90 Å². The van der Waals surface area contributed by atoms with Crippen LogP contribution in [0.1, 0.15) is 73.5 Å². The molecule has 0 bridgehead atoms. The molecule has 1 aromatic rings. The zero-order valence-electron chi connectivity index (χ0n) is 31.4. The number of nitrogens with zero attached hydrogens (tertiary/aromatic N) is 1. The van der Waals surface area contributed by atoms with Crippen LogP contribution in [0.15, 0.2) is 24.2 Å². The summed E-state index contributed by atoms with van der Waals surface area (Å²) in [6.07, 6.45) is -22.4. The summed E-state index contributed by atoms with van der Waals surface area (Å²) in [5.74, 6) is -6.07. The summed E-state index contributed by atoms with van der Waals surface area (Å²) in [5.41, 5.74) is -6.74. The number of hydrogen-bond acceptors (Lipinski definition) is 3. The molecule has 2 N–H and O–H groups in total. The molecule has 1 atom stereocenters. The molecular formula is C16H25NO2. The van der Waals surface area contributed by atoms with Gasteiger partial charge >= 0.3 is 0 Å². The Morgan fingerprint density at radius 1 is 1.47 bits per heavy atom. The van der Waals surface area contributed by atoms with E-state index >= 15 is 0 Å². The Bertz CT molecular complexity index is 1170. The summed E-state index contributed by atoms with van der Waals surface area (Å²) in [5, 5.41) is 21.9. The van der Waals surface area contributed by atoms with Gasteiger partial charge < -0.3 is 15.1 Å². The van der Waals surface area contributed by atoms with Crippen molar-refractivity contribution < 1.29 is 40.4 Å². The number of aromatic hydroxyl groups is 1. The molecule has 1 aliphatic carbocycles. The first-order valence-corrected chi connectivity index (χ1v) is 4.95. The number of aliphatic hydroxyl groups is 1. The molecular weight excluding hydrogens is 238 g/mol. The van der Waals surface area contributed by atoms with Crippen LogP contribution in [0, 0.1) is 0 Å². The largest absolute Gasteiger partial charge is 0.508 e. The molecule has 1 unspecified atom stereocenters. The minimum Gasteiger partial charge on any atom is -0.508 e. The number of likely N-dealkylation sites (N-methyl/N-ethyl adjacent to an activating group) is 1. The van der Waals surface area contributed by atoms with Gasteiger partial charge in [0.1, 0.15) is 5.75 Å². The fraction of sp³-hybridized carbons (Fsp3) is 0.625. The third-order valence-corrected chi connectivity index (χ3v) is 2.14. The smallest absolute Gasteiger partial charge is 0.115 e. The molecule has 1 aromatic carbocycles. The van der Waals surface area contributed by atoms with E-state index in [9.17, 15) is 11.6 Å². The van der Waals surface area contributed by atoms with Gasteiger partial charge in [-0.15, -0.1) is 0 Å². The van der Waals surface area contributed by atoms with E-state index in [-0.39, 0.29) is 6.07 Å². The first-order chi connectivity index (χ1) is 17.6. The zero-order chi connectivity index (χ0) is 33.2. The van der Waals surface area contributed by atoms with E-state index in [0.29, 0.717) is 0 Å². The second-order valence-electron chi connectivity index (χ2n) is 3.46. The Labute approximate surface area is 146 Å². The highest BCUT2D eigenvalue weighted by atomic mass is 16.3. The molecule has 3 nitrogen and oxygen atoms in total. The standard InChI is InChI=1S/C16H25NO2/c1-17(2)12-15(13-6-8-14(18)9-7-13)16(19)10-4-3-5-11-16/h6-9,15,18-19H,3-5,10-12H2,1-2H3/i1D3,2D3,3D2,4D2,5D2,6D,8D,9D,10D2,11D2,12D2,15D. The lowest BCUT2D eigenvalue weighted by atomic mass is 9.72. The second-order valence-corrected chi connectivity index (χ2v) is 3.46. The number of phenolic OH excluding ortho intramolecular Hbond substituents is 1. The Morgan fingerprint density at radius 3 is 2.89 bits per heavy atom. The van der Waals surface area contributed by atoms with E-state index in [4.69, 9.17) is 28.8 Å². The molecule has 0 radical (unpaired) electrons. The Hall–Kier alpha value is -1.06. The van der Waals surface area contributed by atoms with Crippen LogP contribution in [0.3, 0.4) is 0 Å². The summed E-state index contributed by atoms with van der Waals surface area (Å²) >= 11 is 0. The molecule has 0 aliphatic heterocycles. The SMILES string of the molecule is [2H]c1cc(C([2H])(C([2H])([2H])N(C([2H])([2H])[2H])C([2H])([2H])[2H])C2(O)C([2H])([2H])C([2H])([2H])C([2H])([2H])C([2H])([2H])C2([2H])[2H])c([2H])c([2H])c1O. The van der Waals surface area contributed by atoms with Crippen molar-refractivity contribution in [3.63, 3.8) is 0 Å². The predicted octanol–water partition coefficient (Wildman–Crippen LogP) is 2.73. The number of benzene rings is 1. The van der Waals surface area contributed by atoms with Gasteiger partial charge in [0.25, 0.3) is 0 Å². The molecule has 0 spiro atoms. The first kappa shape index (κ1) is 3.07. The Kier molecular flexibility index (Phi) is 0.959. The fourth-order valence-electron chi connectivity index (χ4n) is 1.35. The number of rotatable bonds is 4. The summed E-state index contributed by atoms with van der Waals surface area (Å²) in [4.78, 5) is -1.09. The van der Waals surface area contributed by atoms with Crippen molar-refractivity contribution in [2.75, 3.05) is 20.4 Å². The fourth-order valence-corrected chi connectivity index (χ4v) is 1.35. The van der Waals surface area contributed by atoms with E-state index in [1.807, 2.05) is 0 Å². The molecule has 0 heterocycles. The van der Waals surface area contributed by atoms with Crippen molar-refractivity contribution in [3.8, 4) is 5.75 Å². The first-order valence-electron chi connectivity index (χ1n) is 15.9.